The second kappa shape index (κ2) is 5.92. The summed E-state index contributed by atoms with van der Waals surface area (Å²) in [5.74, 6) is 1.76. The average Bonchev–Trinajstić information content (AvgIpc) is 3.02. The molecule has 2 atom stereocenters. The number of amides is 1. The molecule has 27 heavy (non-hydrogen) atoms. The van der Waals surface area contributed by atoms with Gasteiger partial charge < -0.3 is 15.0 Å². The number of aromatic nitrogens is 2. The number of nitrogens with zero attached hydrogens (tertiary/aromatic N) is 3. The van der Waals surface area contributed by atoms with Crippen LogP contribution in [0.5, 0.6) is 5.75 Å². The van der Waals surface area contributed by atoms with Gasteiger partial charge in [-0.1, -0.05) is 0 Å². The third-order valence-corrected chi connectivity index (χ3v) is 6.11. The van der Waals surface area contributed by atoms with Gasteiger partial charge in [-0.15, -0.1) is 0 Å². The highest BCUT2D eigenvalue weighted by Gasteiger charge is 2.58. The van der Waals surface area contributed by atoms with Gasteiger partial charge in [-0.25, -0.2) is 4.68 Å². The van der Waals surface area contributed by atoms with Crippen LogP contribution in [0.1, 0.15) is 33.5 Å². The molecule has 1 aromatic carbocycles. The van der Waals surface area contributed by atoms with Crippen molar-refractivity contribution in [3.05, 3.63) is 41.2 Å². The summed E-state index contributed by atoms with van der Waals surface area (Å²) in [6, 6.07) is 7.71. The molecule has 7 nitrogen and oxygen atoms in total. The molecule has 1 saturated carbocycles. The Morgan fingerprint density at radius 1 is 1.22 bits per heavy atom. The first-order valence-corrected chi connectivity index (χ1v) is 9.39. The average molecular weight is 366 g/mol. The largest absolute Gasteiger partial charge is 0.497 e. The molecule has 140 valence electrons. The van der Waals surface area contributed by atoms with Crippen molar-refractivity contribution in [2.45, 2.75) is 19.4 Å². The number of benzene rings is 1. The fourth-order valence-corrected chi connectivity index (χ4v) is 4.70. The number of methoxy groups -OCH3 is 1. The van der Waals surface area contributed by atoms with E-state index in [0.717, 1.165) is 30.1 Å². The summed E-state index contributed by atoms with van der Waals surface area (Å²) in [4.78, 5) is 27.5. The lowest BCUT2D eigenvalue weighted by molar-refractivity contribution is 0.0697. The van der Waals surface area contributed by atoms with Gasteiger partial charge in [0.1, 0.15) is 17.1 Å². The number of Topliss-reactive ketones (excluding diaryl/α,β-unsaturated/α-hetero) is 1. The van der Waals surface area contributed by atoms with Gasteiger partial charge in [-0.05, 0) is 42.5 Å². The molecule has 1 saturated heterocycles. The molecule has 2 aromatic rings. The summed E-state index contributed by atoms with van der Waals surface area (Å²) in [5, 5.41) is 7.90. The number of rotatable bonds is 4. The van der Waals surface area contributed by atoms with Gasteiger partial charge >= 0.3 is 0 Å². The number of hydrogen-bond acceptors (Lipinski definition) is 5. The van der Waals surface area contributed by atoms with E-state index in [0.29, 0.717) is 42.2 Å². The second-order valence-corrected chi connectivity index (χ2v) is 7.57. The summed E-state index contributed by atoms with van der Waals surface area (Å²) in [5.41, 5.74) is 2.48. The van der Waals surface area contributed by atoms with Crippen molar-refractivity contribution in [2.75, 3.05) is 26.7 Å². The van der Waals surface area contributed by atoms with E-state index in [4.69, 9.17) is 4.74 Å². The minimum atomic E-state index is -0.104. The zero-order chi connectivity index (χ0) is 18.7. The number of fused-ring (bicyclic) bond motifs is 2. The molecule has 7 heteroatoms. The van der Waals surface area contributed by atoms with Crippen molar-refractivity contribution in [1.82, 2.24) is 20.0 Å². The Kier molecular flexibility index (Phi) is 3.62. The third-order valence-electron chi connectivity index (χ3n) is 6.11. The summed E-state index contributed by atoms with van der Waals surface area (Å²) in [6.07, 6.45) is 0.676. The van der Waals surface area contributed by atoms with Gasteiger partial charge in [0, 0.05) is 38.2 Å². The molecule has 3 aliphatic rings. The number of nitrogens with one attached hydrogen (secondary N) is 1. The van der Waals surface area contributed by atoms with Crippen LogP contribution in [-0.2, 0) is 6.42 Å². The molecule has 0 bridgehead atoms. The predicted octanol–water partition coefficient (Wildman–Crippen LogP) is 1.30. The normalized spacial score (nSPS) is 25.9. The highest BCUT2D eigenvalue weighted by molar-refractivity contribution is 6.02. The van der Waals surface area contributed by atoms with Crippen LogP contribution in [0.4, 0.5) is 0 Å². The monoisotopic (exact) mass is 366 g/mol. The number of hydrogen-bond donors (Lipinski definition) is 1. The molecule has 1 amide bonds. The van der Waals surface area contributed by atoms with E-state index in [1.165, 1.54) is 6.92 Å². The Balaban J connectivity index is 1.57. The first kappa shape index (κ1) is 16.5. The smallest absolute Gasteiger partial charge is 0.273 e. The molecule has 2 unspecified atom stereocenters. The molecule has 2 fully saturated rings. The summed E-state index contributed by atoms with van der Waals surface area (Å²) >= 11 is 0. The van der Waals surface area contributed by atoms with Gasteiger partial charge in [0.25, 0.3) is 5.91 Å². The van der Waals surface area contributed by atoms with Crippen molar-refractivity contribution >= 4 is 11.7 Å². The van der Waals surface area contributed by atoms with Gasteiger partial charge in [-0.2, -0.15) is 5.10 Å². The molecule has 5 rings (SSSR count). The topological polar surface area (TPSA) is 76.5 Å². The van der Waals surface area contributed by atoms with Crippen LogP contribution in [0, 0.1) is 11.8 Å². The van der Waals surface area contributed by atoms with Crippen LogP contribution >= 0.6 is 0 Å². The SMILES string of the molecule is COc1ccc(-n2nc(C(C)=O)c3c2C(=O)N(C2C4CNCC42)CC3)cc1. The number of carbonyl (C=O) groups excluding carboxylic acids is 2. The minimum Gasteiger partial charge on any atom is -0.497 e. The van der Waals surface area contributed by atoms with Crippen LogP contribution in [-0.4, -0.2) is 59.2 Å². The van der Waals surface area contributed by atoms with E-state index in [-0.39, 0.29) is 11.7 Å². The maximum atomic E-state index is 13.4. The van der Waals surface area contributed by atoms with Crippen LogP contribution in [0.25, 0.3) is 5.69 Å². The lowest BCUT2D eigenvalue weighted by Crippen LogP contribution is -2.43. The molecule has 3 heterocycles. The molecule has 0 radical (unpaired) electrons. The van der Waals surface area contributed by atoms with E-state index < -0.39 is 0 Å². The molecular formula is C20H22N4O3. The van der Waals surface area contributed by atoms with E-state index in [1.807, 2.05) is 29.2 Å². The summed E-state index contributed by atoms with van der Waals surface area (Å²) in [7, 11) is 1.61. The maximum Gasteiger partial charge on any atom is 0.273 e. The number of carbonyl (C=O) groups is 2. The Labute approximate surface area is 157 Å². The van der Waals surface area contributed by atoms with Crippen molar-refractivity contribution < 1.29 is 14.3 Å². The lowest BCUT2D eigenvalue weighted by atomic mass is 10.0. The number of ketones is 1. The fourth-order valence-electron chi connectivity index (χ4n) is 4.70. The van der Waals surface area contributed by atoms with E-state index >= 15 is 0 Å². The highest BCUT2D eigenvalue weighted by atomic mass is 16.5. The van der Waals surface area contributed by atoms with Gasteiger partial charge in [0.05, 0.1) is 12.8 Å². The lowest BCUT2D eigenvalue weighted by Gasteiger charge is -2.29. The van der Waals surface area contributed by atoms with E-state index in [1.54, 1.807) is 11.8 Å². The highest BCUT2D eigenvalue weighted by Crippen LogP contribution is 2.47. The van der Waals surface area contributed by atoms with Crippen LogP contribution in [0.3, 0.4) is 0 Å². The quantitative estimate of drug-likeness (QED) is 0.826. The number of ether oxygens (including phenoxy) is 1. The zero-order valence-corrected chi connectivity index (χ0v) is 15.4. The van der Waals surface area contributed by atoms with Crippen molar-refractivity contribution in [1.29, 1.82) is 0 Å². The summed E-state index contributed by atoms with van der Waals surface area (Å²) in [6.45, 7) is 4.15. The molecule has 2 aliphatic heterocycles. The number of piperidine rings is 1. The fraction of sp³-hybridized carbons (Fsp3) is 0.450. The van der Waals surface area contributed by atoms with E-state index in [2.05, 4.69) is 10.4 Å². The van der Waals surface area contributed by atoms with Crippen LogP contribution < -0.4 is 10.1 Å². The van der Waals surface area contributed by atoms with Crippen LogP contribution in [0.2, 0.25) is 0 Å². The Morgan fingerprint density at radius 2 is 1.93 bits per heavy atom. The van der Waals surface area contributed by atoms with Crippen molar-refractivity contribution in [3.8, 4) is 11.4 Å². The van der Waals surface area contributed by atoms with Gasteiger partial charge in [0.15, 0.2) is 5.78 Å². The zero-order valence-electron chi connectivity index (χ0n) is 15.4. The molecular weight excluding hydrogens is 344 g/mol. The summed E-state index contributed by atoms with van der Waals surface area (Å²) < 4.78 is 6.85. The Hall–Kier alpha value is -2.67. The maximum absolute atomic E-state index is 13.4. The van der Waals surface area contributed by atoms with Crippen molar-refractivity contribution in [2.24, 2.45) is 11.8 Å². The molecule has 0 spiro atoms. The molecule has 1 aromatic heterocycles. The first-order valence-electron chi connectivity index (χ1n) is 9.39. The molecule has 1 N–H and O–H groups in total. The minimum absolute atomic E-state index is 0.00790. The molecule has 1 aliphatic carbocycles. The Morgan fingerprint density at radius 3 is 2.56 bits per heavy atom. The van der Waals surface area contributed by atoms with Crippen LogP contribution in [0.15, 0.2) is 24.3 Å². The standard InChI is InChI=1S/C20H22N4O3/c1-11(25)17-14-7-8-23(18-15-9-21-10-16(15)18)20(26)19(14)24(22-17)12-3-5-13(27-2)6-4-12/h3-6,15-16,18,21H,7-10H2,1-2H3. The van der Waals surface area contributed by atoms with Gasteiger partial charge in [-0.3, -0.25) is 9.59 Å². The third kappa shape index (κ3) is 2.41. The van der Waals surface area contributed by atoms with E-state index in [9.17, 15) is 9.59 Å². The first-order chi connectivity index (χ1) is 13.1. The van der Waals surface area contributed by atoms with Crippen molar-refractivity contribution in [3.63, 3.8) is 0 Å². The second-order valence-electron chi connectivity index (χ2n) is 7.57. The van der Waals surface area contributed by atoms with Gasteiger partial charge in [0.2, 0.25) is 0 Å². The Bertz CT molecular complexity index is 923. The predicted molar refractivity (Wildman–Crippen MR) is 98.5 cm³/mol.